The van der Waals surface area contributed by atoms with Gasteiger partial charge in [0.25, 0.3) is 5.91 Å². The third-order valence-corrected chi connectivity index (χ3v) is 2.86. The van der Waals surface area contributed by atoms with Crippen molar-refractivity contribution in [1.82, 2.24) is 15.2 Å². The van der Waals surface area contributed by atoms with Crippen molar-refractivity contribution in [3.05, 3.63) is 53.7 Å². The van der Waals surface area contributed by atoms with Crippen molar-refractivity contribution in [2.24, 2.45) is 0 Å². The summed E-state index contributed by atoms with van der Waals surface area (Å²) in [6.07, 6.45) is 2.92. The van der Waals surface area contributed by atoms with E-state index in [-0.39, 0.29) is 5.69 Å². The van der Waals surface area contributed by atoms with E-state index in [1.807, 2.05) is 0 Å². The molecule has 0 saturated heterocycles. The van der Waals surface area contributed by atoms with Crippen LogP contribution in [0.3, 0.4) is 0 Å². The van der Waals surface area contributed by atoms with E-state index >= 15 is 0 Å². The fraction of sp³-hybridized carbons (Fsp3) is 0. The quantitative estimate of drug-likeness (QED) is 0.713. The predicted molar refractivity (Wildman–Crippen MR) is 68.2 cm³/mol. The highest BCUT2D eigenvalue weighted by Gasteiger charge is 2.19. The number of anilines is 1. The number of fused-ring (bicyclic) bond motifs is 1. The summed E-state index contributed by atoms with van der Waals surface area (Å²) < 4.78 is 39.4. The van der Waals surface area contributed by atoms with Gasteiger partial charge in [-0.2, -0.15) is 5.10 Å². The van der Waals surface area contributed by atoms with Crippen molar-refractivity contribution < 1.29 is 18.0 Å². The molecule has 106 valence electrons. The fourth-order valence-corrected chi connectivity index (χ4v) is 1.83. The Balaban J connectivity index is 1.95. The first-order valence-electron chi connectivity index (χ1n) is 5.81. The van der Waals surface area contributed by atoms with E-state index in [1.165, 1.54) is 12.4 Å². The number of carbonyl (C=O) groups is 1. The molecule has 8 heteroatoms. The van der Waals surface area contributed by atoms with E-state index in [1.54, 1.807) is 6.07 Å². The minimum atomic E-state index is -1.65. The van der Waals surface area contributed by atoms with Crippen LogP contribution in [0.25, 0.3) is 10.9 Å². The SMILES string of the molecule is O=C(Nc1ccc(F)c(F)c1F)c1n[nH]c2ccncc12. The molecule has 0 bridgehead atoms. The molecule has 2 N–H and O–H groups in total. The Bertz CT molecular complexity index is 847. The minimum absolute atomic E-state index is 0.0257. The van der Waals surface area contributed by atoms with Crippen LogP contribution in [-0.4, -0.2) is 21.1 Å². The van der Waals surface area contributed by atoms with Gasteiger partial charge in [-0.05, 0) is 18.2 Å². The van der Waals surface area contributed by atoms with Gasteiger partial charge in [0.05, 0.1) is 16.6 Å². The summed E-state index contributed by atoms with van der Waals surface area (Å²) in [6, 6.07) is 3.26. The number of hydrogen-bond donors (Lipinski definition) is 2. The number of H-pyrrole nitrogens is 1. The molecule has 0 aliphatic heterocycles. The van der Waals surface area contributed by atoms with Gasteiger partial charge in [-0.3, -0.25) is 14.9 Å². The molecule has 0 fully saturated rings. The molecule has 3 rings (SSSR count). The van der Waals surface area contributed by atoms with Crippen LogP contribution >= 0.6 is 0 Å². The summed E-state index contributed by atoms with van der Waals surface area (Å²) in [5, 5.41) is 8.98. The highest BCUT2D eigenvalue weighted by atomic mass is 19.2. The topological polar surface area (TPSA) is 70.7 Å². The number of halogens is 3. The van der Waals surface area contributed by atoms with Gasteiger partial charge in [0.2, 0.25) is 0 Å². The maximum atomic E-state index is 13.5. The van der Waals surface area contributed by atoms with Crippen LogP contribution in [0.2, 0.25) is 0 Å². The maximum Gasteiger partial charge on any atom is 0.276 e. The second kappa shape index (κ2) is 4.89. The molecule has 0 saturated carbocycles. The van der Waals surface area contributed by atoms with E-state index < -0.39 is 29.0 Å². The average Bonchev–Trinajstić information content (AvgIpc) is 2.92. The zero-order valence-electron chi connectivity index (χ0n) is 10.3. The monoisotopic (exact) mass is 292 g/mol. The lowest BCUT2D eigenvalue weighted by Gasteiger charge is -2.05. The summed E-state index contributed by atoms with van der Waals surface area (Å²) in [4.78, 5) is 15.9. The van der Waals surface area contributed by atoms with Crippen molar-refractivity contribution in [2.75, 3.05) is 5.32 Å². The van der Waals surface area contributed by atoms with E-state index in [0.717, 1.165) is 12.1 Å². The van der Waals surface area contributed by atoms with Gasteiger partial charge in [-0.25, -0.2) is 13.2 Å². The van der Waals surface area contributed by atoms with Crippen LogP contribution in [-0.2, 0) is 0 Å². The Morgan fingerprint density at radius 3 is 2.76 bits per heavy atom. The van der Waals surface area contributed by atoms with E-state index in [9.17, 15) is 18.0 Å². The molecule has 1 aromatic carbocycles. The second-order valence-corrected chi connectivity index (χ2v) is 4.17. The summed E-state index contributed by atoms with van der Waals surface area (Å²) in [6.45, 7) is 0. The lowest BCUT2D eigenvalue weighted by molar-refractivity contribution is 0.102. The summed E-state index contributed by atoms with van der Waals surface area (Å²) >= 11 is 0. The van der Waals surface area contributed by atoms with Gasteiger partial charge in [0.15, 0.2) is 23.1 Å². The Morgan fingerprint density at radius 2 is 1.95 bits per heavy atom. The zero-order valence-corrected chi connectivity index (χ0v) is 10.3. The highest BCUT2D eigenvalue weighted by Crippen LogP contribution is 2.21. The lowest BCUT2D eigenvalue weighted by Crippen LogP contribution is -2.14. The lowest BCUT2D eigenvalue weighted by atomic mass is 10.2. The predicted octanol–water partition coefficient (Wildman–Crippen LogP) is 2.63. The number of pyridine rings is 1. The maximum absolute atomic E-state index is 13.5. The Hall–Kier alpha value is -2.90. The van der Waals surface area contributed by atoms with Gasteiger partial charge in [-0.15, -0.1) is 0 Å². The van der Waals surface area contributed by atoms with Gasteiger partial charge < -0.3 is 5.32 Å². The number of aromatic amines is 1. The standard InChI is InChI=1S/C13H7F3N4O/c14-7-1-2-9(11(16)10(7)15)18-13(21)12-6-5-17-4-3-8(6)19-20-12/h1-5H,(H,18,21)(H,19,20). The normalized spacial score (nSPS) is 10.8. The van der Waals surface area contributed by atoms with Gasteiger partial charge in [0.1, 0.15) is 0 Å². The number of benzene rings is 1. The summed E-state index contributed by atoms with van der Waals surface area (Å²) in [5.41, 5.74) is 0.0714. The molecular weight excluding hydrogens is 285 g/mol. The number of hydrogen-bond acceptors (Lipinski definition) is 3. The van der Waals surface area contributed by atoms with Crippen LogP contribution in [0.5, 0.6) is 0 Å². The third-order valence-electron chi connectivity index (χ3n) is 2.86. The van der Waals surface area contributed by atoms with Crippen LogP contribution in [0.1, 0.15) is 10.5 Å². The highest BCUT2D eigenvalue weighted by molar-refractivity contribution is 6.10. The molecule has 0 spiro atoms. The molecule has 2 heterocycles. The number of nitrogens with zero attached hydrogens (tertiary/aromatic N) is 2. The number of carbonyl (C=O) groups excluding carboxylic acids is 1. The number of aromatic nitrogens is 3. The number of rotatable bonds is 2. The molecule has 21 heavy (non-hydrogen) atoms. The van der Waals surface area contributed by atoms with Crippen LogP contribution in [0.4, 0.5) is 18.9 Å². The van der Waals surface area contributed by atoms with E-state index in [2.05, 4.69) is 20.5 Å². The fourth-order valence-electron chi connectivity index (χ4n) is 1.83. The Morgan fingerprint density at radius 1 is 1.14 bits per heavy atom. The molecular formula is C13H7F3N4O. The van der Waals surface area contributed by atoms with Crippen molar-refractivity contribution in [2.45, 2.75) is 0 Å². The third kappa shape index (κ3) is 2.20. The Kier molecular flexibility index (Phi) is 3.05. The first-order valence-corrected chi connectivity index (χ1v) is 5.81. The zero-order chi connectivity index (χ0) is 15.0. The number of amides is 1. The van der Waals surface area contributed by atoms with Crippen LogP contribution in [0.15, 0.2) is 30.6 Å². The molecule has 5 nitrogen and oxygen atoms in total. The van der Waals surface area contributed by atoms with E-state index in [4.69, 9.17) is 0 Å². The minimum Gasteiger partial charge on any atom is -0.318 e. The first kappa shape index (κ1) is 13.1. The molecule has 0 radical (unpaired) electrons. The van der Waals surface area contributed by atoms with Crippen molar-refractivity contribution in [3.63, 3.8) is 0 Å². The van der Waals surface area contributed by atoms with Crippen molar-refractivity contribution >= 4 is 22.5 Å². The van der Waals surface area contributed by atoms with Crippen LogP contribution in [0, 0.1) is 17.5 Å². The van der Waals surface area contributed by atoms with Gasteiger partial charge in [0, 0.05) is 12.4 Å². The number of nitrogens with one attached hydrogen (secondary N) is 2. The summed E-state index contributed by atoms with van der Waals surface area (Å²) in [5.74, 6) is -5.22. The smallest absolute Gasteiger partial charge is 0.276 e. The van der Waals surface area contributed by atoms with Crippen molar-refractivity contribution in [3.8, 4) is 0 Å². The van der Waals surface area contributed by atoms with Crippen molar-refractivity contribution in [1.29, 1.82) is 0 Å². The Labute approximate surface area is 115 Å². The molecule has 0 aliphatic carbocycles. The molecule has 0 unspecified atom stereocenters. The van der Waals surface area contributed by atoms with Gasteiger partial charge >= 0.3 is 0 Å². The molecule has 3 aromatic rings. The molecule has 0 atom stereocenters. The molecule has 2 aromatic heterocycles. The largest absolute Gasteiger partial charge is 0.318 e. The van der Waals surface area contributed by atoms with Crippen LogP contribution < -0.4 is 5.32 Å². The second-order valence-electron chi connectivity index (χ2n) is 4.17. The summed E-state index contributed by atoms with van der Waals surface area (Å²) in [7, 11) is 0. The average molecular weight is 292 g/mol. The van der Waals surface area contributed by atoms with E-state index in [0.29, 0.717) is 10.9 Å². The molecule has 1 amide bonds. The molecule has 0 aliphatic rings. The van der Waals surface area contributed by atoms with Gasteiger partial charge in [-0.1, -0.05) is 0 Å². The first-order chi connectivity index (χ1) is 10.1.